The second-order valence-electron chi connectivity index (χ2n) is 4.13. The van der Waals surface area contributed by atoms with Crippen molar-refractivity contribution in [3.63, 3.8) is 0 Å². The van der Waals surface area contributed by atoms with Crippen LogP contribution in [0.5, 0.6) is 0 Å². The summed E-state index contributed by atoms with van der Waals surface area (Å²) in [4.78, 5) is 4.49. The molecule has 2 aromatic rings. The Bertz CT molecular complexity index is 482. The van der Waals surface area contributed by atoms with E-state index in [2.05, 4.69) is 28.7 Å². The van der Waals surface area contributed by atoms with Gasteiger partial charge < -0.3 is 4.57 Å². The van der Waals surface area contributed by atoms with Crippen LogP contribution in [0.4, 0.5) is 0 Å². The summed E-state index contributed by atoms with van der Waals surface area (Å²) in [5.41, 5.74) is 5.51. The van der Waals surface area contributed by atoms with Crippen molar-refractivity contribution in [1.29, 1.82) is 0 Å². The molecule has 1 aromatic heterocycles. The maximum absolute atomic E-state index is 4.49. The highest BCUT2D eigenvalue weighted by Crippen LogP contribution is 2.27. The van der Waals surface area contributed by atoms with E-state index >= 15 is 0 Å². The van der Waals surface area contributed by atoms with Gasteiger partial charge in [-0.1, -0.05) is 6.07 Å². The van der Waals surface area contributed by atoms with Gasteiger partial charge in [0, 0.05) is 7.05 Å². The van der Waals surface area contributed by atoms with Gasteiger partial charge in [-0.15, -0.1) is 0 Å². The van der Waals surface area contributed by atoms with Crippen LogP contribution >= 0.6 is 0 Å². The molecule has 2 heteroatoms. The summed E-state index contributed by atoms with van der Waals surface area (Å²) >= 11 is 0. The first-order valence-corrected chi connectivity index (χ1v) is 5.28. The van der Waals surface area contributed by atoms with Crippen molar-refractivity contribution in [1.82, 2.24) is 9.55 Å². The van der Waals surface area contributed by atoms with Crippen LogP contribution in [0.1, 0.15) is 24.0 Å². The number of nitrogens with zero attached hydrogens (tertiary/aromatic N) is 2. The highest BCUT2D eigenvalue weighted by atomic mass is 15.0. The molecule has 1 aliphatic carbocycles. The second kappa shape index (κ2) is 2.84. The third-order valence-electron chi connectivity index (χ3n) is 3.22. The van der Waals surface area contributed by atoms with E-state index in [9.17, 15) is 0 Å². The van der Waals surface area contributed by atoms with Gasteiger partial charge in [0.25, 0.3) is 0 Å². The van der Waals surface area contributed by atoms with Crippen LogP contribution in [0.25, 0.3) is 11.0 Å². The van der Waals surface area contributed by atoms with Gasteiger partial charge in [-0.3, -0.25) is 0 Å². The number of rotatable bonds is 0. The number of benzene rings is 1. The fraction of sp³-hybridized carbons (Fsp3) is 0.417. The van der Waals surface area contributed by atoms with Crippen LogP contribution in [0.15, 0.2) is 18.5 Å². The molecule has 3 rings (SSSR count). The molecule has 0 fully saturated rings. The Morgan fingerprint density at radius 2 is 2.07 bits per heavy atom. The van der Waals surface area contributed by atoms with E-state index in [1.807, 2.05) is 6.33 Å². The van der Waals surface area contributed by atoms with Gasteiger partial charge in [-0.05, 0) is 42.9 Å². The molecule has 2 nitrogen and oxygen atoms in total. The van der Waals surface area contributed by atoms with E-state index in [0.29, 0.717) is 0 Å². The third-order valence-corrected chi connectivity index (χ3v) is 3.22. The zero-order valence-corrected chi connectivity index (χ0v) is 8.45. The molecule has 0 atom stereocenters. The fourth-order valence-corrected chi connectivity index (χ4v) is 2.43. The maximum Gasteiger partial charge on any atom is 0.0955 e. The van der Waals surface area contributed by atoms with Gasteiger partial charge in [0.05, 0.1) is 17.4 Å². The maximum atomic E-state index is 4.49. The first-order valence-electron chi connectivity index (χ1n) is 5.28. The molecule has 0 aliphatic heterocycles. The fourth-order valence-electron chi connectivity index (χ4n) is 2.43. The van der Waals surface area contributed by atoms with Gasteiger partial charge in [-0.25, -0.2) is 4.98 Å². The lowest BCUT2D eigenvalue weighted by Gasteiger charge is -2.15. The van der Waals surface area contributed by atoms with Gasteiger partial charge >= 0.3 is 0 Å². The molecule has 14 heavy (non-hydrogen) atoms. The molecule has 0 spiro atoms. The van der Waals surface area contributed by atoms with Crippen LogP contribution in [-0.2, 0) is 19.9 Å². The van der Waals surface area contributed by atoms with Crippen molar-refractivity contribution in [2.45, 2.75) is 25.7 Å². The third kappa shape index (κ3) is 0.999. The standard InChI is InChI=1S/C12H14N2/c1-14-8-13-12-10-5-3-2-4-9(10)6-7-11(12)14/h6-8H,2-5H2,1H3. The van der Waals surface area contributed by atoms with Crippen molar-refractivity contribution >= 4 is 11.0 Å². The minimum atomic E-state index is 1.21. The predicted molar refractivity (Wildman–Crippen MR) is 57.4 cm³/mol. The normalized spacial score (nSPS) is 15.8. The van der Waals surface area contributed by atoms with Gasteiger partial charge in [0.1, 0.15) is 0 Å². The number of hydrogen-bond donors (Lipinski definition) is 0. The van der Waals surface area contributed by atoms with Crippen molar-refractivity contribution in [3.05, 3.63) is 29.6 Å². The molecule has 0 saturated heterocycles. The Labute approximate surface area is 83.6 Å². The van der Waals surface area contributed by atoms with Crippen LogP contribution < -0.4 is 0 Å². The zero-order chi connectivity index (χ0) is 9.54. The van der Waals surface area contributed by atoms with Crippen molar-refractivity contribution in [2.24, 2.45) is 7.05 Å². The first kappa shape index (κ1) is 8.04. The Morgan fingerprint density at radius 1 is 1.21 bits per heavy atom. The molecular formula is C12H14N2. The van der Waals surface area contributed by atoms with Crippen molar-refractivity contribution in [2.75, 3.05) is 0 Å². The Morgan fingerprint density at radius 3 is 3.00 bits per heavy atom. The highest BCUT2D eigenvalue weighted by molar-refractivity contribution is 5.80. The van der Waals surface area contributed by atoms with E-state index in [1.165, 1.54) is 47.8 Å². The number of aryl methyl sites for hydroxylation is 3. The molecular weight excluding hydrogens is 172 g/mol. The van der Waals surface area contributed by atoms with Crippen LogP contribution in [0, 0.1) is 0 Å². The molecule has 0 N–H and O–H groups in total. The summed E-state index contributed by atoms with van der Waals surface area (Å²) in [7, 11) is 2.06. The highest BCUT2D eigenvalue weighted by Gasteiger charge is 2.14. The lowest BCUT2D eigenvalue weighted by atomic mass is 9.91. The molecule has 0 unspecified atom stereocenters. The molecule has 1 heterocycles. The van der Waals surface area contributed by atoms with E-state index < -0.39 is 0 Å². The first-order chi connectivity index (χ1) is 6.86. The minimum Gasteiger partial charge on any atom is -0.334 e. The average Bonchev–Trinajstić information content (AvgIpc) is 2.61. The summed E-state index contributed by atoms with van der Waals surface area (Å²) in [5, 5.41) is 0. The summed E-state index contributed by atoms with van der Waals surface area (Å²) in [6.45, 7) is 0. The second-order valence-corrected chi connectivity index (χ2v) is 4.13. The summed E-state index contributed by atoms with van der Waals surface area (Å²) in [5.74, 6) is 0. The van der Waals surface area contributed by atoms with E-state index in [1.54, 1.807) is 0 Å². The number of fused-ring (bicyclic) bond motifs is 3. The predicted octanol–water partition coefficient (Wildman–Crippen LogP) is 2.45. The SMILES string of the molecule is Cn1cnc2c3c(ccc21)CCCC3. The van der Waals surface area contributed by atoms with E-state index in [0.717, 1.165) is 0 Å². The molecule has 1 aliphatic rings. The van der Waals surface area contributed by atoms with Crippen molar-refractivity contribution in [3.8, 4) is 0 Å². The Hall–Kier alpha value is -1.31. The van der Waals surface area contributed by atoms with Gasteiger partial charge in [0.2, 0.25) is 0 Å². The molecule has 0 bridgehead atoms. The lowest BCUT2D eigenvalue weighted by molar-refractivity contribution is 0.689. The average molecular weight is 186 g/mol. The summed E-state index contributed by atoms with van der Waals surface area (Å²) in [6, 6.07) is 4.48. The minimum absolute atomic E-state index is 1.21. The van der Waals surface area contributed by atoms with E-state index in [-0.39, 0.29) is 0 Å². The molecule has 1 aromatic carbocycles. The largest absolute Gasteiger partial charge is 0.334 e. The van der Waals surface area contributed by atoms with Gasteiger partial charge in [0.15, 0.2) is 0 Å². The quantitative estimate of drug-likeness (QED) is 0.618. The van der Waals surface area contributed by atoms with Crippen LogP contribution in [0.2, 0.25) is 0 Å². The monoisotopic (exact) mass is 186 g/mol. The topological polar surface area (TPSA) is 17.8 Å². The number of hydrogen-bond acceptors (Lipinski definition) is 1. The van der Waals surface area contributed by atoms with Gasteiger partial charge in [-0.2, -0.15) is 0 Å². The Kier molecular flexibility index (Phi) is 1.63. The Balaban J connectivity index is 2.35. The molecule has 0 amide bonds. The smallest absolute Gasteiger partial charge is 0.0955 e. The lowest BCUT2D eigenvalue weighted by Crippen LogP contribution is -2.03. The molecule has 0 radical (unpaired) electrons. The summed E-state index contributed by atoms with van der Waals surface area (Å²) in [6.07, 6.45) is 7.03. The van der Waals surface area contributed by atoms with E-state index in [4.69, 9.17) is 0 Å². The summed E-state index contributed by atoms with van der Waals surface area (Å²) < 4.78 is 2.10. The van der Waals surface area contributed by atoms with Crippen LogP contribution in [0.3, 0.4) is 0 Å². The zero-order valence-electron chi connectivity index (χ0n) is 8.45. The molecule has 72 valence electrons. The molecule has 0 saturated carbocycles. The van der Waals surface area contributed by atoms with Crippen LogP contribution in [-0.4, -0.2) is 9.55 Å². The number of aromatic nitrogens is 2. The van der Waals surface area contributed by atoms with Crippen molar-refractivity contribution < 1.29 is 0 Å². The number of imidazole rings is 1.